The third-order valence-corrected chi connectivity index (χ3v) is 4.89. The molecule has 31 heavy (non-hydrogen) atoms. The molecule has 0 spiro atoms. The lowest BCUT2D eigenvalue weighted by Gasteiger charge is -2.01. The number of H-pyrrole nitrogens is 1. The molecule has 11 heteroatoms. The molecular weight excluding hydrogens is 407 g/mol. The maximum atomic E-state index is 13.0. The fraction of sp³-hybridized carbons (Fsp3) is 0.250. The Balaban J connectivity index is 1.36. The minimum absolute atomic E-state index is 0.113. The number of hydrogen-bond donors (Lipinski definition) is 2. The molecule has 1 aromatic carbocycles. The second-order valence-electron chi connectivity index (χ2n) is 7.03. The molecular formula is C20H19FN6O4. The first-order valence-electron chi connectivity index (χ1n) is 9.50. The summed E-state index contributed by atoms with van der Waals surface area (Å²) in [5.74, 6) is 0.133. The summed E-state index contributed by atoms with van der Waals surface area (Å²) in [5.41, 5.74) is 0.395. The SMILES string of the molecule is Cn1c(=O)c2[nH]c(CCCNC(=O)c3cc(-c4ccc(F)cc4)on3)nc2n(C)c1=O. The van der Waals surface area contributed by atoms with E-state index in [4.69, 9.17) is 4.52 Å². The Labute approximate surface area is 174 Å². The van der Waals surface area contributed by atoms with Crippen LogP contribution < -0.4 is 16.6 Å². The number of carbonyl (C=O) groups is 1. The van der Waals surface area contributed by atoms with Crippen LogP contribution in [0.4, 0.5) is 4.39 Å². The van der Waals surface area contributed by atoms with Crippen molar-refractivity contribution in [2.24, 2.45) is 14.1 Å². The molecule has 0 saturated carbocycles. The van der Waals surface area contributed by atoms with Gasteiger partial charge in [-0.15, -0.1) is 0 Å². The number of amides is 1. The average Bonchev–Trinajstić information content (AvgIpc) is 3.42. The van der Waals surface area contributed by atoms with E-state index < -0.39 is 17.2 Å². The molecule has 10 nitrogen and oxygen atoms in total. The predicted molar refractivity (Wildman–Crippen MR) is 109 cm³/mol. The van der Waals surface area contributed by atoms with Crippen LogP contribution in [0, 0.1) is 5.82 Å². The van der Waals surface area contributed by atoms with Crippen molar-refractivity contribution in [1.82, 2.24) is 29.6 Å². The first kappa shape index (κ1) is 20.3. The predicted octanol–water partition coefficient (Wildman–Crippen LogP) is 1.12. The van der Waals surface area contributed by atoms with Crippen molar-refractivity contribution in [3.63, 3.8) is 0 Å². The number of aromatic nitrogens is 5. The lowest BCUT2D eigenvalue weighted by atomic mass is 10.1. The van der Waals surface area contributed by atoms with Gasteiger partial charge in [0, 0.05) is 38.7 Å². The Morgan fingerprint density at radius 2 is 1.94 bits per heavy atom. The molecule has 0 atom stereocenters. The van der Waals surface area contributed by atoms with E-state index in [9.17, 15) is 18.8 Å². The fourth-order valence-corrected chi connectivity index (χ4v) is 3.17. The van der Waals surface area contributed by atoms with Crippen LogP contribution in [0.1, 0.15) is 22.7 Å². The van der Waals surface area contributed by atoms with Gasteiger partial charge in [0.2, 0.25) is 0 Å². The Morgan fingerprint density at radius 1 is 1.19 bits per heavy atom. The van der Waals surface area contributed by atoms with Crippen molar-refractivity contribution >= 4 is 17.1 Å². The van der Waals surface area contributed by atoms with Crippen LogP contribution in [0.2, 0.25) is 0 Å². The molecule has 3 aromatic heterocycles. The second-order valence-corrected chi connectivity index (χ2v) is 7.03. The minimum Gasteiger partial charge on any atom is -0.355 e. The third-order valence-electron chi connectivity index (χ3n) is 4.89. The number of nitrogens with one attached hydrogen (secondary N) is 2. The van der Waals surface area contributed by atoms with Gasteiger partial charge in [-0.1, -0.05) is 5.16 Å². The van der Waals surface area contributed by atoms with Gasteiger partial charge in [0.05, 0.1) is 0 Å². The number of hydrogen-bond acceptors (Lipinski definition) is 6. The van der Waals surface area contributed by atoms with E-state index in [1.165, 1.54) is 41.9 Å². The van der Waals surface area contributed by atoms with Gasteiger partial charge in [-0.05, 0) is 30.7 Å². The first-order valence-corrected chi connectivity index (χ1v) is 9.50. The van der Waals surface area contributed by atoms with Crippen molar-refractivity contribution in [1.29, 1.82) is 0 Å². The number of benzene rings is 1. The maximum Gasteiger partial charge on any atom is 0.332 e. The van der Waals surface area contributed by atoms with Crippen molar-refractivity contribution < 1.29 is 13.7 Å². The van der Waals surface area contributed by atoms with Gasteiger partial charge in [-0.3, -0.25) is 18.7 Å². The molecule has 4 rings (SSSR count). The third kappa shape index (κ3) is 3.89. The highest BCUT2D eigenvalue weighted by Crippen LogP contribution is 2.20. The number of nitrogens with zero attached hydrogens (tertiary/aromatic N) is 4. The molecule has 0 saturated heterocycles. The van der Waals surface area contributed by atoms with Crippen LogP contribution in [-0.2, 0) is 20.5 Å². The van der Waals surface area contributed by atoms with Gasteiger partial charge in [0.25, 0.3) is 11.5 Å². The molecule has 160 valence electrons. The highest BCUT2D eigenvalue weighted by atomic mass is 19.1. The highest BCUT2D eigenvalue weighted by molar-refractivity contribution is 5.93. The maximum absolute atomic E-state index is 13.0. The lowest BCUT2D eigenvalue weighted by Crippen LogP contribution is -2.36. The standard InChI is InChI=1S/C20H19FN6O4/c1-26-17-16(19(29)27(2)20(26)30)23-15(24-17)4-3-9-22-18(28)13-10-14(31-25-13)11-5-7-12(21)8-6-11/h5-8,10H,3-4,9H2,1-2H3,(H,22,28)(H,23,24). The van der Waals surface area contributed by atoms with E-state index in [0.717, 1.165) is 4.57 Å². The van der Waals surface area contributed by atoms with Gasteiger partial charge >= 0.3 is 5.69 Å². The van der Waals surface area contributed by atoms with E-state index in [-0.39, 0.29) is 17.0 Å². The number of aryl methyl sites for hydroxylation is 2. The topological polar surface area (TPSA) is 128 Å². The molecule has 0 fully saturated rings. The Hall–Kier alpha value is -4.02. The normalized spacial score (nSPS) is 11.2. The quantitative estimate of drug-likeness (QED) is 0.445. The molecule has 0 aliphatic heterocycles. The molecule has 4 aromatic rings. The Bertz CT molecular complexity index is 1380. The number of rotatable bonds is 6. The zero-order valence-electron chi connectivity index (χ0n) is 16.8. The number of carbonyl (C=O) groups excluding carboxylic acids is 1. The summed E-state index contributed by atoms with van der Waals surface area (Å²) in [6, 6.07) is 7.15. The molecule has 0 aliphatic carbocycles. The number of imidazole rings is 1. The summed E-state index contributed by atoms with van der Waals surface area (Å²) in [6.07, 6.45) is 1.01. The molecule has 3 heterocycles. The van der Waals surface area contributed by atoms with E-state index in [0.29, 0.717) is 42.2 Å². The van der Waals surface area contributed by atoms with E-state index in [2.05, 4.69) is 20.4 Å². The van der Waals surface area contributed by atoms with Crippen LogP contribution in [0.15, 0.2) is 44.4 Å². The zero-order valence-corrected chi connectivity index (χ0v) is 16.8. The second kappa shape index (κ2) is 8.01. The summed E-state index contributed by atoms with van der Waals surface area (Å²) >= 11 is 0. The van der Waals surface area contributed by atoms with Gasteiger partial charge in [0.15, 0.2) is 17.1 Å². The van der Waals surface area contributed by atoms with E-state index in [1.807, 2.05) is 0 Å². The largest absolute Gasteiger partial charge is 0.355 e. The van der Waals surface area contributed by atoms with Crippen molar-refractivity contribution in [2.45, 2.75) is 12.8 Å². The fourth-order valence-electron chi connectivity index (χ4n) is 3.17. The van der Waals surface area contributed by atoms with Gasteiger partial charge in [-0.25, -0.2) is 14.2 Å². The first-order chi connectivity index (χ1) is 14.8. The highest BCUT2D eigenvalue weighted by Gasteiger charge is 2.15. The molecule has 1 amide bonds. The molecule has 0 radical (unpaired) electrons. The van der Waals surface area contributed by atoms with Crippen molar-refractivity contribution in [3.8, 4) is 11.3 Å². The Morgan fingerprint density at radius 3 is 2.68 bits per heavy atom. The number of fused-ring (bicyclic) bond motifs is 1. The Kier molecular flexibility index (Phi) is 5.24. The molecule has 0 unspecified atom stereocenters. The van der Waals surface area contributed by atoms with Gasteiger partial charge < -0.3 is 14.8 Å². The lowest BCUT2D eigenvalue weighted by molar-refractivity contribution is 0.0944. The minimum atomic E-state index is -0.449. The average molecular weight is 426 g/mol. The summed E-state index contributed by atoms with van der Waals surface area (Å²) < 4.78 is 20.5. The zero-order chi connectivity index (χ0) is 22.1. The van der Waals surface area contributed by atoms with Gasteiger partial charge in [0.1, 0.15) is 17.2 Å². The van der Waals surface area contributed by atoms with Crippen LogP contribution in [0.5, 0.6) is 0 Å². The van der Waals surface area contributed by atoms with Crippen LogP contribution in [0.3, 0.4) is 0 Å². The van der Waals surface area contributed by atoms with Crippen molar-refractivity contribution in [3.05, 3.63) is 68.5 Å². The summed E-state index contributed by atoms with van der Waals surface area (Å²) in [4.78, 5) is 43.7. The summed E-state index contributed by atoms with van der Waals surface area (Å²) in [5, 5.41) is 6.48. The summed E-state index contributed by atoms with van der Waals surface area (Å²) in [6.45, 7) is 0.339. The number of halogens is 1. The van der Waals surface area contributed by atoms with Crippen molar-refractivity contribution in [2.75, 3.05) is 6.54 Å². The van der Waals surface area contributed by atoms with Gasteiger partial charge in [-0.2, -0.15) is 0 Å². The van der Waals surface area contributed by atoms with Crippen LogP contribution in [0.25, 0.3) is 22.5 Å². The van der Waals surface area contributed by atoms with Crippen LogP contribution >= 0.6 is 0 Å². The van der Waals surface area contributed by atoms with Crippen LogP contribution in [-0.4, -0.2) is 36.7 Å². The van der Waals surface area contributed by atoms with E-state index >= 15 is 0 Å². The van der Waals surface area contributed by atoms with E-state index in [1.54, 1.807) is 7.05 Å². The molecule has 0 bridgehead atoms. The summed E-state index contributed by atoms with van der Waals surface area (Å²) in [7, 11) is 2.96. The molecule has 2 N–H and O–H groups in total. The molecule has 0 aliphatic rings. The smallest absolute Gasteiger partial charge is 0.332 e. The number of aromatic amines is 1. The monoisotopic (exact) mass is 426 g/mol.